The molecule has 0 bridgehead atoms. The number of aliphatic carboxylic acids is 1. The Morgan fingerprint density at radius 3 is 2.65 bits per heavy atom. The Bertz CT molecular complexity index is 548. The summed E-state index contributed by atoms with van der Waals surface area (Å²) in [7, 11) is 0. The Balaban J connectivity index is 2.16. The first-order valence-electron chi connectivity index (χ1n) is 5.22. The molecular weight excluding hydrogens is 220 g/mol. The lowest BCUT2D eigenvalue weighted by atomic mass is 10.1. The Morgan fingerprint density at radius 1 is 1.12 bits per heavy atom. The summed E-state index contributed by atoms with van der Waals surface area (Å²) in [6.45, 7) is 0.139. The number of rotatable bonds is 4. The van der Waals surface area contributed by atoms with Crippen LogP contribution in [0.1, 0.15) is 6.42 Å². The number of benzene rings is 2. The summed E-state index contributed by atoms with van der Waals surface area (Å²) in [6, 6.07) is 10.5. The molecule has 17 heavy (non-hydrogen) atoms. The molecule has 0 atom stereocenters. The number of carboxylic acid groups (broad SMARTS) is 1. The van der Waals surface area contributed by atoms with E-state index in [-0.39, 0.29) is 18.8 Å². The van der Waals surface area contributed by atoms with Crippen LogP contribution in [0.4, 0.5) is 0 Å². The fourth-order valence-electron chi connectivity index (χ4n) is 1.56. The third kappa shape index (κ3) is 2.87. The summed E-state index contributed by atoms with van der Waals surface area (Å²) in [4.78, 5) is 10.3. The van der Waals surface area contributed by atoms with E-state index < -0.39 is 5.97 Å². The summed E-state index contributed by atoms with van der Waals surface area (Å²) < 4.78 is 5.30. The summed E-state index contributed by atoms with van der Waals surface area (Å²) >= 11 is 0. The van der Waals surface area contributed by atoms with E-state index in [9.17, 15) is 9.90 Å². The van der Waals surface area contributed by atoms with Gasteiger partial charge in [0, 0.05) is 0 Å². The van der Waals surface area contributed by atoms with Crippen molar-refractivity contribution in [3.05, 3.63) is 36.4 Å². The zero-order chi connectivity index (χ0) is 12.3. The van der Waals surface area contributed by atoms with E-state index in [4.69, 9.17) is 9.84 Å². The maximum atomic E-state index is 10.3. The first-order valence-corrected chi connectivity index (χ1v) is 5.22. The average molecular weight is 232 g/mol. The summed E-state index contributed by atoms with van der Waals surface area (Å²) in [5, 5.41) is 19.7. The fourth-order valence-corrected chi connectivity index (χ4v) is 1.56. The van der Waals surface area contributed by atoms with E-state index in [0.29, 0.717) is 5.75 Å². The van der Waals surface area contributed by atoms with Gasteiger partial charge in [-0.25, -0.2) is 0 Å². The number of ether oxygens (including phenoxy) is 1. The van der Waals surface area contributed by atoms with Gasteiger partial charge in [0.05, 0.1) is 13.0 Å². The molecule has 2 aromatic carbocycles. The monoisotopic (exact) mass is 232 g/mol. The van der Waals surface area contributed by atoms with E-state index in [1.165, 1.54) is 0 Å². The minimum Gasteiger partial charge on any atom is -0.508 e. The van der Waals surface area contributed by atoms with Crippen molar-refractivity contribution in [2.75, 3.05) is 6.61 Å². The molecule has 0 amide bonds. The summed E-state index contributed by atoms with van der Waals surface area (Å²) in [6.07, 6.45) is -0.0297. The van der Waals surface area contributed by atoms with Crippen LogP contribution in [0.5, 0.6) is 11.5 Å². The Morgan fingerprint density at radius 2 is 1.88 bits per heavy atom. The molecule has 2 rings (SSSR count). The van der Waals surface area contributed by atoms with Gasteiger partial charge in [0.15, 0.2) is 0 Å². The van der Waals surface area contributed by atoms with Crippen molar-refractivity contribution in [1.29, 1.82) is 0 Å². The van der Waals surface area contributed by atoms with Gasteiger partial charge in [0.1, 0.15) is 11.5 Å². The molecule has 0 aliphatic rings. The molecule has 0 radical (unpaired) electrons. The minimum absolute atomic E-state index is 0.0297. The molecule has 0 aliphatic heterocycles. The summed E-state index contributed by atoms with van der Waals surface area (Å²) in [5.41, 5.74) is 0. The van der Waals surface area contributed by atoms with E-state index in [0.717, 1.165) is 10.8 Å². The van der Waals surface area contributed by atoms with Gasteiger partial charge in [-0.3, -0.25) is 4.79 Å². The maximum Gasteiger partial charge on any atom is 0.306 e. The molecule has 0 saturated heterocycles. The van der Waals surface area contributed by atoms with Gasteiger partial charge in [-0.15, -0.1) is 0 Å². The maximum absolute atomic E-state index is 10.3. The predicted molar refractivity (Wildman–Crippen MR) is 63.4 cm³/mol. The zero-order valence-electron chi connectivity index (χ0n) is 9.09. The van der Waals surface area contributed by atoms with Crippen LogP contribution in [0.25, 0.3) is 10.8 Å². The number of hydrogen-bond acceptors (Lipinski definition) is 3. The van der Waals surface area contributed by atoms with Gasteiger partial charge in [-0.2, -0.15) is 0 Å². The molecule has 0 saturated carbocycles. The smallest absolute Gasteiger partial charge is 0.306 e. The molecule has 0 unspecified atom stereocenters. The van der Waals surface area contributed by atoms with Crippen LogP contribution in [0.15, 0.2) is 36.4 Å². The first-order chi connectivity index (χ1) is 8.15. The number of carbonyl (C=O) groups is 1. The molecule has 0 aromatic heterocycles. The van der Waals surface area contributed by atoms with Crippen LogP contribution >= 0.6 is 0 Å². The predicted octanol–water partition coefficient (Wildman–Crippen LogP) is 2.40. The summed E-state index contributed by atoms with van der Waals surface area (Å²) in [5.74, 6) is -0.0898. The largest absolute Gasteiger partial charge is 0.508 e. The molecule has 0 spiro atoms. The fraction of sp³-hybridized carbons (Fsp3) is 0.154. The molecule has 2 aromatic rings. The second-order valence-electron chi connectivity index (χ2n) is 3.69. The zero-order valence-corrected chi connectivity index (χ0v) is 9.09. The average Bonchev–Trinajstić information content (AvgIpc) is 2.28. The molecular formula is C13H12O4. The lowest BCUT2D eigenvalue weighted by Gasteiger charge is -2.06. The lowest BCUT2D eigenvalue weighted by molar-refractivity contribution is -0.137. The van der Waals surface area contributed by atoms with E-state index >= 15 is 0 Å². The molecule has 0 aliphatic carbocycles. The van der Waals surface area contributed by atoms with Crippen LogP contribution in [0.2, 0.25) is 0 Å². The van der Waals surface area contributed by atoms with Gasteiger partial charge >= 0.3 is 5.97 Å². The second-order valence-corrected chi connectivity index (χ2v) is 3.69. The van der Waals surface area contributed by atoms with Gasteiger partial charge in [-0.05, 0) is 35.0 Å². The molecule has 0 heterocycles. The normalized spacial score (nSPS) is 10.4. The third-order valence-corrected chi connectivity index (χ3v) is 2.38. The first kappa shape index (κ1) is 11.3. The van der Waals surface area contributed by atoms with E-state index in [1.807, 2.05) is 12.1 Å². The van der Waals surface area contributed by atoms with E-state index in [1.54, 1.807) is 24.3 Å². The molecule has 4 nitrogen and oxygen atoms in total. The van der Waals surface area contributed by atoms with Gasteiger partial charge in [0.25, 0.3) is 0 Å². The van der Waals surface area contributed by atoms with Gasteiger partial charge in [-0.1, -0.05) is 12.1 Å². The van der Waals surface area contributed by atoms with Crippen LogP contribution < -0.4 is 4.74 Å². The van der Waals surface area contributed by atoms with Crippen molar-refractivity contribution in [1.82, 2.24) is 0 Å². The van der Waals surface area contributed by atoms with Crippen molar-refractivity contribution in [2.24, 2.45) is 0 Å². The highest BCUT2D eigenvalue weighted by Gasteiger charge is 2.01. The van der Waals surface area contributed by atoms with Gasteiger partial charge in [0.2, 0.25) is 0 Å². The molecule has 88 valence electrons. The number of fused-ring (bicyclic) bond motifs is 1. The number of phenols is 1. The SMILES string of the molecule is O=C(O)CCOc1ccc2ccc(O)cc2c1. The Hall–Kier alpha value is -2.23. The highest BCUT2D eigenvalue weighted by Crippen LogP contribution is 2.24. The van der Waals surface area contributed by atoms with Crippen molar-refractivity contribution in [3.63, 3.8) is 0 Å². The Labute approximate surface area is 98.1 Å². The third-order valence-electron chi connectivity index (χ3n) is 2.38. The standard InChI is InChI=1S/C13H12O4/c14-11-3-1-9-2-4-12(8-10(9)7-11)17-6-5-13(15)16/h1-4,7-8,14H,5-6H2,(H,15,16). The van der Waals surface area contributed by atoms with Crippen LogP contribution in [-0.2, 0) is 4.79 Å². The molecule has 4 heteroatoms. The van der Waals surface area contributed by atoms with Crippen LogP contribution in [0, 0.1) is 0 Å². The molecule has 0 fully saturated rings. The highest BCUT2D eigenvalue weighted by atomic mass is 16.5. The van der Waals surface area contributed by atoms with Crippen molar-refractivity contribution in [2.45, 2.75) is 6.42 Å². The number of carboxylic acids is 1. The number of aromatic hydroxyl groups is 1. The highest BCUT2D eigenvalue weighted by molar-refractivity contribution is 5.85. The van der Waals surface area contributed by atoms with Crippen LogP contribution in [-0.4, -0.2) is 22.8 Å². The van der Waals surface area contributed by atoms with Crippen molar-refractivity contribution >= 4 is 16.7 Å². The van der Waals surface area contributed by atoms with Crippen molar-refractivity contribution in [3.8, 4) is 11.5 Å². The lowest BCUT2D eigenvalue weighted by Crippen LogP contribution is -2.04. The van der Waals surface area contributed by atoms with E-state index in [2.05, 4.69) is 0 Å². The number of phenolic OH excluding ortho intramolecular Hbond substituents is 1. The quantitative estimate of drug-likeness (QED) is 0.849. The second kappa shape index (κ2) is 4.74. The topological polar surface area (TPSA) is 66.8 Å². The minimum atomic E-state index is -0.886. The number of hydrogen-bond donors (Lipinski definition) is 2. The van der Waals surface area contributed by atoms with Gasteiger partial charge < -0.3 is 14.9 Å². The molecule has 2 N–H and O–H groups in total. The van der Waals surface area contributed by atoms with Crippen LogP contribution in [0.3, 0.4) is 0 Å². The van der Waals surface area contributed by atoms with Crippen molar-refractivity contribution < 1.29 is 19.7 Å². The Kier molecular flexibility index (Phi) is 3.14.